The molecule has 0 saturated heterocycles. The fourth-order valence-electron chi connectivity index (χ4n) is 1.18. The van der Waals surface area contributed by atoms with Crippen LogP contribution in [0.1, 0.15) is 18.6 Å². The maximum absolute atomic E-state index is 9.79. The highest BCUT2D eigenvalue weighted by Crippen LogP contribution is 2.26. The summed E-state index contributed by atoms with van der Waals surface area (Å²) >= 11 is 5.05. The van der Waals surface area contributed by atoms with Gasteiger partial charge in [-0.2, -0.15) is 0 Å². The maximum atomic E-state index is 9.79. The van der Waals surface area contributed by atoms with E-state index in [2.05, 4.69) is 15.9 Å². The number of aliphatic hydroxyl groups excluding tert-OH is 1. The number of thioether (sulfide) groups is 1. The minimum absolute atomic E-state index is 0.251. The molecular weight excluding hydrogens is 262 g/mol. The third-order valence-electron chi connectivity index (χ3n) is 1.97. The van der Waals surface area contributed by atoms with Gasteiger partial charge in [0.25, 0.3) is 0 Å². The summed E-state index contributed by atoms with van der Waals surface area (Å²) in [6.07, 6.45) is 1.41. The summed E-state index contributed by atoms with van der Waals surface area (Å²) in [4.78, 5) is 1.12. The van der Waals surface area contributed by atoms with Crippen molar-refractivity contribution < 1.29 is 5.11 Å². The zero-order valence-corrected chi connectivity index (χ0v) is 10.6. The van der Waals surface area contributed by atoms with Gasteiger partial charge in [0.15, 0.2) is 0 Å². The predicted molar refractivity (Wildman–Crippen MR) is 64.5 cm³/mol. The number of hydrogen-bond acceptors (Lipinski definition) is 3. The lowest BCUT2D eigenvalue weighted by Crippen LogP contribution is -2.24. The number of halogens is 1. The van der Waals surface area contributed by atoms with E-state index in [4.69, 9.17) is 5.73 Å². The summed E-state index contributed by atoms with van der Waals surface area (Å²) in [5, 5.41) is 9.79. The SMILES string of the molecule is CSc1cc(Br)cc(C(O)C(C)N)c1. The lowest BCUT2D eigenvalue weighted by molar-refractivity contribution is 0.153. The van der Waals surface area contributed by atoms with Gasteiger partial charge in [0.05, 0.1) is 6.10 Å². The van der Waals surface area contributed by atoms with Gasteiger partial charge < -0.3 is 10.8 Å². The molecule has 78 valence electrons. The fraction of sp³-hybridized carbons (Fsp3) is 0.400. The van der Waals surface area contributed by atoms with E-state index in [0.717, 1.165) is 14.9 Å². The minimum Gasteiger partial charge on any atom is -0.387 e. The Morgan fingerprint density at radius 1 is 1.43 bits per heavy atom. The van der Waals surface area contributed by atoms with Gasteiger partial charge in [-0.1, -0.05) is 15.9 Å². The molecule has 1 rings (SSSR count). The summed E-state index contributed by atoms with van der Waals surface area (Å²) in [6, 6.07) is 5.62. The largest absolute Gasteiger partial charge is 0.387 e. The van der Waals surface area contributed by atoms with Crippen LogP contribution in [-0.2, 0) is 0 Å². The van der Waals surface area contributed by atoms with E-state index in [1.165, 1.54) is 0 Å². The van der Waals surface area contributed by atoms with Crippen molar-refractivity contribution in [2.24, 2.45) is 5.73 Å². The quantitative estimate of drug-likeness (QED) is 0.834. The van der Waals surface area contributed by atoms with Crippen LogP contribution in [-0.4, -0.2) is 17.4 Å². The van der Waals surface area contributed by atoms with Crippen LogP contribution in [0.15, 0.2) is 27.6 Å². The van der Waals surface area contributed by atoms with Gasteiger partial charge in [0.2, 0.25) is 0 Å². The fourth-order valence-corrected chi connectivity index (χ4v) is 2.34. The second-order valence-electron chi connectivity index (χ2n) is 3.23. The molecule has 0 aromatic heterocycles. The standard InChI is InChI=1S/C10H14BrNOS/c1-6(12)10(13)7-3-8(11)5-9(4-7)14-2/h3-6,10,13H,12H2,1-2H3. The second-order valence-corrected chi connectivity index (χ2v) is 5.02. The van der Waals surface area contributed by atoms with Crippen LogP contribution >= 0.6 is 27.7 Å². The molecule has 0 aliphatic carbocycles. The molecular formula is C10H14BrNOS. The number of nitrogens with two attached hydrogens (primary N) is 1. The van der Waals surface area contributed by atoms with Gasteiger partial charge in [-0.25, -0.2) is 0 Å². The van der Waals surface area contributed by atoms with Crippen molar-refractivity contribution in [1.82, 2.24) is 0 Å². The molecule has 0 spiro atoms. The van der Waals surface area contributed by atoms with Crippen molar-refractivity contribution in [3.05, 3.63) is 28.2 Å². The number of aliphatic hydroxyl groups is 1. The Hall–Kier alpha value is -0.0300. The Kier molecular flexibility index (Phi) is 4.44. The normalized spacial score (nSPS) is 15.2. The first-order chi connectivity index (χ1) is 6.54. The van der Waals surface area contributed by atoms with Crippen molar-refractivity contribution in [3.63, 3.8) is 0 Å². The van der Waals surface area contributed by atoms with Gasteiger partial charge in [0, 0.05) is 15.4 Å². The van der Waals surface area contributed by atoms with E-state index in [1.54, 1.807) is 18.7 Å². The Bertz CT molecular complexity index is 317. The van der Waals surface area contributed by atoms with Crippen LogP contribution in [0, 0.1) is 0 Å². The van der Waals surface area contributed by atoms with E-state index >= 15 is 0 Å². The van der Waals surface area contributed by atoms with Crippen LogP contribution in [0.3, 0.4) is 0 Å². The molecule has 0 saturated carbocycles. The minimum atomic E-state index is -0.599. The molecule has 0 aliphatic heterocycles. The lowest BCUT2D eigenvalue weighted by Gasteiger charge is -2.15. The first-order valence-corrected chi connectivity index (χ1v) is 6.34. The van der Waals surface area contributed by atoms with Crippen LogP contribution in [0.25, 0.3) is 0 Å². The third kappa shape index (κ3) is 2.98. The summed E-state index contributed by atoms with van der Waals surface area (Å²) in [6.45, 7) is 1.80. The molecule has 2 atom stereocenters. The summed E-state index contributed by atoms with van der Waals surface area (Å²) in [5.41, 5.74) is 6.50. The Labute approximate surface area is 97.0 Å². The van der Waals surface area contributed by atoms with Crippen LogP contribution in [0.5, 0.6) is 0 Å². The van der Waals surface area contributed by atoms with Crippen molar-refractivity contribution in [3.8, 4) is 0 Å². The maximum Gasteiger partial charge on any atom is 0.0938 e. The van der Waals surface area contributed by atoms with Crippen LogP contribution < -0.4 is 5.73 Å². The van der Waals surface area contributed by atoms with E-state index in [1.807, 2.05) is 24.5 Å². The van der Waals surface area contributed by atoms with Gasteiger partial charge in [-0.3, -0.25) is 0 Å². The Balaban J connectivity index is 3.02. The Morgan fingerprint density at radius 2 is 2.07 bits per heavy atom. The first-order valence-electron chi connectivity index (χ1n) is 4.32. The molecule has 1 aromatic carbocycles. The smallest absolute Gasteiger partial charge is 0.0938 e. The lowest BCUT2D eigenvalue weighted by atomic mass is 10.0. The van der Waals surface area contributed by atoms with Crippen molar-refractivity contribution in [1.29, 1.82) is 0 Å². The van der Waals surface area contributed by atoms with Crippen molar-refractivity contribution in [2.45, 2.75) is 24.0 Å². The summed E-state index contributed by atoms with van der Waals surface area (Å²) in [5.74, 6) is 0. The van der Waals surface area contributed by atoms with E-state index < -0.39 is 6.10 Å². The zero-order valence-electron chi connectivity index (χ0n) is 8.20. The molecule has 3 N–H and O–H groups in total. The molecule has 2 unspecified atom stereocenters. The molecule has 14 heavy (non-hydrogen) atoms. The molecule has 0 amide bonds. The van der Waals surface area contributed by atoms with E-state index in [9.17, 15) is 5.11 Å². The average Bonchev–Trinajstić information content (AvgIpc) is 2.15. The van der Waals surface area contributed by atoms with Crippen molar-refractivity contribution in [2.75, 3.05) is 6.26 Å². The second kappa shape index (κ2) is 5.16. The predicted octanol–water partition coefficient (Wildman–Crippen LogP) is 2.55. The average molecular weight is 276 g/mol. The first kappa shape index (κ1) is 12.0. The molecule has 2 nitrogen and oxygen atoms in total. The summed E-state index contributed by atoms with van der Waals surface area (Å²) in [7, 11) is 0. The highest BCUT2D eigenvalue weighted by molar-refractivity contribution is 9.10. The molecule has 0 heterocycles. The van der Waals surface area contributed by atoms with E-state index in [-0.39, 0.29) is 6.04 Å². The molecule has 0 aliphatic rings. The number of rotatable bonds is 3. The highest BCUT2D eigenvalue weighted by Gasteiger charge is 2.13. The van der Waals surface area contributed by atoms with E-state index in [0.29, 0.717) is 0 Å². The molecule has 4 heteroatoms. The number of benzene rings is 1. The van der Waals surface area contributed by atoms with Gasteiger partial charge in [-0.15, -0.1) is 11.8 Å². The summed E-state index contributed by atoms with van der Waals surface area (Å²) < 4.78 is 0.971. The third-order valence-corrected chi connectivity index (χ3v) is 3.13. The highest BCUT2D eigenvalue weighted by atomic mass is 79.9. The molecule has 0 fully saturated rings. The molecule has 0 radical (unpaired) electrons. The van der Waals surface area contributed by atoms with Crippen molar-refractivity contribution >= 4 is 27.7 Å². The van der Waals surface area contributed by atoms with Gasteiger partial charge in [0.1, 0.15) is 0 Å². The monoisotopic (exact) mass is 275 g/mol. The van der Waals surface area contributed by atoms with Crippen LogP contribution in [0.2, 0.25) is 0 Å². The molecule has 0 bridgehead atoms. The van der Waals surface area contributed by atoms with Gasteiger partial charge >= 0.3 is 0 Å². The zero-order chi connectivity index (χ0) is 10.7. The topological polar surface area (TPSA) is 46.2 Å². The van der Waals surface area contributed by atoms with Gasteiger partial charge in [-0.05, 0) is 36.9 Å². The number of hydrogen-bond donors (Lipinski definition) is 2. The molecule has 1 aromatic rings. The Morgan fingerprint density at radius 3 is 2.57 bits per heavy atom. The van der Waals surface area contributed by atoms with Crippen LogP contribution in [0.4, 0.5) is 0 Å².